The summed E-state index contributed by atoms with van der Waals surface area (Å²) < 4.78 is 5.34. The first-order chi connectivity index (χ1) is 5.53. The minimum Gasteiger partial charge on any atom is -0.378 e. The molecule has 0 amide bonds. The van der Waals surface area contributed by atoms with Crippen LogP contribution in [0.15, 0.2) is 0 Å². The number of nitrogens with one attached hydrogen (secondary N) is 2. The molecular formula is C9H20N2O. The molecule has 3 heteroatoms. The Balaban J connectivity index is 2.41. The fourth-order valence-corrected chi connectivity index (χ4v) is 1.60. The number of ether oxygens (including phenoxy) is 1. The third-order valence-corrected chi connectivity index (χ3v) is 2.08. The zero-order valence-electron chi connectivity index (χ0n) is 8.48. The standard InChI is InChI=1S/C9H20N2O/c1-9(2,3)11-7-5-10-6-8(7)12-4/h7-8,10-11H,5-6H2,1-4H3/t7-,8-/m0/s1. The van der Waals surface area contributed by atoms with Gasteiger partial charge in [-0.1, -0.05) is 0 Å². The fraction of sp³-hybridized carbons (Fsp3) is 1.00. The van der Waals surface area contributed by atoms with Crippen molar-refractivity contribution < 1.29 is 4.74 Å². The van der Waals surface area contributed by atoms with E-state index in [9.17, 15) is 0 Å². The molecule has 0 unspecified atom stereocenters. The molecule has 1 saturated heterocycles. The fourth-order valence-electron chi connectivity index (χ4n) is 1.60. The van der Waals surface area contributed by atoms with Crippen LogP contribution in [-0.2, 0) is 4.74 Å². The summed E-state index contributed by atoms with van der Waals surface area (Å²) in [5, 5.41) is 6.84. The monoisotopic (exact) mass is 172 g/mol. The van der Waals surface area contributed by atoms with Crippen LogP contribution in [0.5, 0.6) is 0 Å². The Labute approximate surface area is 74.9 Å². The van der Waals surface area contributed by atoms with E-state index >= 15 is 0 Å². The van der Waals surface area contributed by atoms with Crippen LogP contribution in [-0.4, -0.2) is 37.9 Å². The van der Waals surface area contributed by atoms with Crippen molar-refractivity contribution in [2.24, 2.45) is 0 Å². The second-order valence-electron chi connectivity index (χ2n) is 4.43. The van der Waals surface area contributed by atoms with E-state index in [0.29, 0.717) is 12.1 Å². The Hall–Kier alpha value is -0.120. The Bertz CT molecular complexity index is 142. The maximum Gasteiger partial charge on any atom is 0.0860 e. The summed E-state index contributed by atoms with van der Waals surface area (Å²) in [6.45, 7) is 8.51. The summed E-state index contributed by atoms with van der Waals surface area (Å²) in [5.41, 5.74) is 0.174. The number of rotatable bonds is 2. The summed E-state index contributed by atoms with van der Waals surface area (Å²) in [6, 6.07) is 0.454. The van der Waals surface area contributed by atoms with Crippen LogP contribution in [0.25, 0.3) is 0 Å². The number of hydrogen-bond acceptors (Lipinski definition) is 3. The zero-order chi connectivity index (χ0) is 9.19. The summed E-state index contributed by atoms with van der Waals surface area (Å²) in [4.78, 5) is 0. The minimum atomic E-state index is 0.174. The molecular weight excluding hydrogens is 152 g/mol. The van der Waals surface area contributed by atoms with E-state index in [-0.39, 0.29) is 5.54 Å². The molecule has 1 heterocycles. The van der Waals surface area contributed by atoms with Gasteiger partial charge in [0.2, 0.25) is 0 Å². The molecule has 0 aromatic heterocycles. The van der Waals surface area contributed by atoms with Crippen molar-refractivity contribution in [1.29, 1.82) is 0 Å². The first-order valence-electron chi connectivity index (χ1n) is 4.54. The van der Waals surface area contributed by atoms with Crippen LogP contribution in [0.3, 0.4) is 0 Å². The second kappa shape index (κ2) is 3.73. The van der Waals surface area contributed by atoms with Gasteiger partial charge in [-0.3, -0.25) is 0 Å². The molecule has 12 heavy (non-hydrogen) atoms. The third-order valence-electron chi connectivity index (χ3n) is 2.08. The maximum absolute atomic E-state index is 5.34. The molecule has 1 aliphatic rings. The van der Waals surface area contributed by atoms with Crippen molar-refractivity contribution in [3.8, 4) is 0 Å². The van der Waals surface area contributed by atoms with Gasteiger partial charge in [-0.2, -0.15) is 0 Å². The van der Waals surface area contributed by atoms with Gasteiger partial charge in [0.05, 0.1) is 6.10 Å². The van der Waals surface area contributed by atoms with Crippen LogP contribution in [0.1, 0.15) is 20.8 Å². The van der Waals surface area contributed by atoms with Crippen molar-refractivity contribution in [3.63, 3.8) is 0 Å². The molecule has 0 saturated carbocycles. The quantitative estimate of drug-likeness (QED) is 0.631. The number of methoxy groups -OCH3 is 1. The van der Waals surface area contributed by atoms with Gasteiger partial charge in [-0.05, 0) is 20.8 Å². The topological polar surface area (TPSA) is 33.3 Å². The molecule has 0 aliphatic carbocycles. The summed E-state index contributed by atoms with van der Waals surface area (Å²) >= 11 is 0. The molecule has 3 nitrogen and oxygen atoms in total. The van der Waals surface area contributed by atoms with E-state index in [1.165, 1.54) is 0 Å². The lowest BCUT2D eigenvalue weighted by molar-refractivity contribution is 0.0879. The van der Waals surface area contributed by atoms with E-state index in [4.69, 9.17) is 4.74 Å². The van der Waals surface area contributed by atoms with Crippen LogP contribution in [0.2, 0.25) is 0 Å². The Morgan fingerprint density at radius 3 is 2.50 bits per heavy atom. The van der Waals surface area contributed by atoms with Crippen molar-refractivity contribution in [3.05, 3.63) is 0 Å². The van der Waals surface area contributed by atoms with Gasteiger partial charge in [0.1, 0.15) is 0 Å². The zero-order valence-corrected chi connectivity index (χ0v) is 8.48. The lowest BCUT2D eigenvalue weighted by Crippen LogP contribution is -2.49. The van der Waals surface area contributed by atoms with Crippen LogP contribution < -0.4 is 10.6 Å². The minimum absolute atomic E-state index is 0.174. The molecule has 1 fully saturated rings. The van der Waals surface area contributed by atoms with Gasteiger partial charge in [0, 0.05) is 31.8 Å². The first-order valence-corrected chi connectivity index (χ1v) is 4.54. The lowest BCUT2D eigenvalue weighted by atomic mass is 10.1. The molecule has 0 bridgehead atoms. The van der Waals surface area contributed by atoms with E-state index in [2.05, 4.69) is 31.4 Å². The average Bonchev–Trinajstić information content (AvgIpc) is 2.31. The van der Waals surface area contributed by atoms with Gasteiger partial charge in [0.25, 0.3) is 0 Å². The lowest BCUT2D eigenvalue weighted by Gasteiger charge is -2.28. The van der Waals surface area contributed by atoms with Crippen LogP contribution in [0, 0.1) is 0 Å². The Morgan fingerprint density at radius 2 is 2.00 bits per heavy atom. The molecule has 1 rings (SSSR count). The van der Waals surface area contributed by atoms with Crippen molar-refractivity contribution in [2.45, 2.75) is 38.5 Å². The van der Waals surface area contributed by atoms with Gasteiger partial charge in [0.15, 0.2) is 0 Å². The average molecular weight is 172 g/mol. The van der Waals surface area contributed by atoms with E-state index in [1.807, 2.05) is 0 Å². The van der Waals surface area contributed by atoms with Gasteiger partial charge in [-0.25, -0.2) is 0 Å². The normalized spacial score (nSPS) is 31.0. The van der Waals surface area contributed by atoms with E-state index in [0.717, 1.165) is 13.1 Å². The Kier molecular flexibility index (Phi) is 3.09. The molecule has 2 N–H and O–H groups in total. The highest BCUT2D eigenvalue weighted by Gasteiger charge is 2.29. The predicted octanol–water partition coefficient (Wildman–Crippen LogP) is 0.361. The van der Waals surface area contributed by atoms with Gasteiger partial charge in [-0.15, -0.1) is 0 Å². The number of hydrogen-bond donors (Lipinski definition) is 2. The van der Waals surface area contributed by atoms with E-state index < -0.39 is 0 Å². The van der Waals surface area contributed by atoms with Gasteiger partial charge >= 0.3 is 0 Å². The highest BCUT2D eigenvalue weighted by Crippen LogP contribution is 2.09. The van der Waals surface area contributed by atoms with Crippen molar-refractivity contribution in [2.75, 3.05) is 20.2 Å². The molecule has 2 atom stereocenters. The van der Waals surface area contributed by atoms with Crippen LogP contribution in [0.4, 0.5) is 0 Å². The SMILES string of the molecule is CO[C@H]1CNC[C@@H]1NC(C)(C)C. The molecule has 0 aromatic rings. The molecule has 0 radical (unpaired) electrons. The summed E-state index contributed by atoms with van der Waals surface area (Å²) in [5.74, 6) is 0. The Morgan fingerprint density at radius 1 is 1.33 bits per heavy atom. The molecule has 72 valence electrons. The predicted molar refractivity (Wildman–Crippen MR) is 50.3 cm³/mol. The largest absolute Gasteiger partial charge is 0.378 e. The highest BCUT2D eigenvalue weighted by atomic mass is 16.5. The van der Waals surface area contributed by atoms with Crippen LogP contribution >= 0.6 is 0 Å². The molecule has 0 aromatic carbocycles. The second-order valence-corrected chi connectivity index (χ2v) is 4.43. The first kappa shape index (κ1) is 9.96. The summed E-state index contributed by atoms with van der Waals surface area (Å²) in [7, 11) is 1.77. The van der Waals surface area contributed by atoms with Crippen molar-refractivity contribution >= 4 is 0 Å². The molecule has 1 aliphatic heterocycles. The van der Waals surface area contributed by atoms with E-state index in [1.54, 1.807) is 7.11 Å². The maximum atomic E-state index is 5.34. The summed E-state index contributed by atoms with van der Waals surface area (Å²) in [6.07, 6.45) is 0.323. The third kappa shape index (κ3) is 2.73. The smallest absolute Gasteiger partial charge is 0.0860 e. The highest BCUT2D eigenvalue weighted by molar-refractivity contribution is 4.91. The molecule has 0 spiro atoms. The van der Waals surface area contributed by atoms with Crippen molar-refractivity contribution in [1.82, 2.24) is 10.6 Å². The van der Waals surface area contributed by atoms with Gasteiger partial charge < -0.3 is 15.4 Å².